The Morgan fingerprint density at radius 2 is 1.57 bits per heavy atom. The third-order valence-electron chi connectivity index (χ3n) is 3.91. The third kappa shape index (κ3) is 3.84. The molecule has 160 valence electrons. The van der Waals surface area contributed by atoms with Crippen LogP contribution in [0.5, 0.6) is 0 Å². The molecule has 0 unspecified atom stereocenters. The summed E-state index contributed by atoms with van der Waals surface area (Å²) in [6, 6.07) is 1.60. The highest BCUT2D eigenvalue weighted by molar-refractivity contribution is 6.02. The number of aromatic nitrogens is 4. The molecule has 0 aliphatic carbocycles. The first-order valence-corrected chi connectivity index (χ1v) is 7.86. The van der Waals surface area contributed by atoms with E-state index in [0.29, 0.717) is 10.7 Å². The van der Waals surface area contributed by atoms with Crippen LogP contribution in [-0.2, 0) is 19.8 Å². The number of amides is 1. The maximum absolute atomic E-state index is 13.7. The highest BCUT2D eigenvalue weighted by Gasteiger charge is 2.35. The zero-order chi connectivity index (χ0) is 22.4. The molecule has 30 heavy (non-hydrogen) atoms. The molecular formula is C16H9F8N5O. The molecule has 0 radical (unpaired) electrons. The van der Waals surface area contributed by atoms with Crippen molar-refractivity contribution in [1.29, 1.82) is 0 Å². The zero-order valence-electron chi connectivity index (χ0n) is 14.7. The first kappa shape index (κ1) is 21.3. The highest BCUT2D eigenvalue weighted by Crippen LogP contribution is 2.29. The van der Waals surface area contributed by atoms with Gasteiger partial charge in [-0.3, -0.25) is 14.2 Å². The predicted octanol–water partition coefficient (Wildman–Crippen LogP) is 3.63. The fourth-order valence-corrected chi connectivity index (χ4v) is 2.49. The van der Waals surface area contributed by atoms with Gasteiger partial charge in [0.1, 0.15) is 5.69 Å². The quantitative estimate of drug-likeness (QED) is 0.384. The number of halogens is 8. The fraction of sp³-hybridized carbons (Fsp3) is 0.188. The Labute approximate surface area is 161 Å². The zero-order valence-corrected chi connectivity index (χ0v) is 14.7. The third-order valence-corrected chi connectivity index (χ3v) is 3.91. The second-order valence-corrected chi connectivity index (χ2v) is 5.94. The van der Waals surface area contributed by atoms with Crippen LogP contribution in [0.1, 0.15) is 21.7 Å². The lowest BCUT2D eigenvalue weighted by Crippen LogP contribution is -2.14. The number of hydrogen-bond donors (Lipinski definition) is 1. The summed E-state index contributed by atoms with van der Waals surface area (Å²) in [5.41, 5.74) is -2.92. The molecule has 0 saturated heterocycles. The van der Waals surface area contributed by atoms with E-state index in [-0.39, 0.29) is 5.82 Å². The number of benzene rings is 1. The van der Waals surface area contributed by atoms with Gasteiger partial charge < -0.3 is 5.32 Å². The van der Waals surface area contributed by atoms with E-state index in [1.807, 2.05) is 0 Å². The molecular weight excluding hydrogens is 430 g/mol. The molecule has 0 aliphatic rings. The monoisotopic (exact) mass is 439 g/mol. The summed E-state index contributed by atoms with van der Waals surface area (Å²) in [7, 11) is 0.985. The summed E-state index contributed by atoms with van der Waals surface area (Å²) >= 11 is 0. The normalized spacial score (nSPS) is 11.8. The molecule has 14 heteroatoms. The minimum Gasteiger partial charge on any atom is -0.304 e. The Morgan fingerprint density at radius 3 is 2.10 bits per heavy atom. The van der Waals surface area contributed by atoms with Gasteiger partial charge in [0, 0.05) is 25.4 Å². The van der Waals surface area contributed by atoms with Crippen LogP contribution in [-0.4, -0.2) is 25.5 Å². The maximum atomic E-state index is 13.7. The van der Waals surface area contributed by atoms with E-state index in [2.05, 4.69) is 15.5 Å². The van der Waals surface area contributed by atoms with Gasteiger partial charge in [-0.25, -0.2) is 22.0 Å². The second-order valence-electron chi connectivity index (χ2n) is 5.94. The number of aryl methyl sites for hydroxylation is 1. The summed E-state index contributed by atoms with van der Waals surface area (Å²) in [5, 5.41) is 9.21. The Morgan fingerprint density at radius 1 is 1.00 bits per heavy atom. The van der Waals surface area contributed by atoms with Crippen LogP contribution in [0.4, 0.5) is 40.9 Å². The first-order chi connectivity index (χ1) is 13.9. The largest absolute Gasteiger partial charge is 0.433 e. The van der Waals surface area contributed by atoms with Crippen molar-refractivity contribution >= 4 is 11.7 Å². The molecule has 3 aromatic rings. The Kier molecular flexibility index (Phi) is 5.26. The number of rotatable bonds is 4. The lowest BCUT2D eigenvalue weighted by atomic mass is 10.1. The lowest BCUT2D eigenvalue weighted by Gasteiger charge is -2.08. The predicted molar refractivity (Wildman–Crippen MR) is 83.7 cm³/mol. The van der Waals surface area contributed by atoms with Crippen LogP contribution in [0.2, 0.25) is 0 Å². The summed E-state index contributed by atoms with van der Waals surface area (Å²) in [5.74, 6) is -12.0. The van der Waals surface area contributed by atoms with E-state index in [1.165, 1.54) is 0 Å². The molecule has 2 heterocycles. The molecule has 0 saturated carbocycles. The number of nitrogens with zero attached hydrogens (tertiary/aromatic N) is 4. The molecule has 1 N–H and O–H groups in total. The number of nitrogens with one attached hydrogen (secondary N) is 1. The van der Waals surface area contributed by atoms with E-state index in [0.717, 1.165) is 24.0 Å². The molecule has 3 rings (SSSR count). The number of hydrogen-bond acceptors (Lipinski definition) is 3. The lowest BCUT2D eigenvalue weighted by molar-refractivity contribution is -0.143. The van der Waals surface area contributed by atoms with Gasteiger partial charge in [-0.05, 0) is 0 Å². The van der Waals surface area contributed by atoms with E-state index in [1.54, 1.807) is 0 Å². The second kappa shape index (κ2) is 7.42. The molecule has 0 bridgehead atoms. The molecule has 0 fully saturated rings. The van der Waals surface area contributed by atoms with Gasteiger partial charge >= 0.3 is 6.18 Å². The Bertz CT molecular complexity index is 1100. The van der Waals surface area contributed by atoms with E-state index in [9.17, 15) is 39.9 Å². The van der Waals surface area contributed by atoms with Crippen molar-refractivity contribution in [3.05, 3.63) is 64.4 Å². The number of anilines is 1. The van der Waals surface area contributed by atoms with E-state index in [4.69, 9.17) is 0 Å². The van der Waals surface area contributed by atoms with E-state index >= 15 is 0 Å². The van der Waals surface area contributed by atoms with Gasteiger partial charge in [-0.15, -0.1) is 0 Å². The van der Waals surface area contributed by atoms with Crippen LogP contribution in [0.15, 0.2) is 18.3 Å². The van der Waals surface area contributed by atoms with Gasteiger partial charge in [-0.1, -0.05) is 0 Å². The molecule has 0 atom stereocenters. The van der Waals surface area contributed by atoms with Crippen molar-refractivity contribution in [2.24, 2.45) is 7.05 Å². The summed E-state index contributed by atoms with van der Waals surface area (Å²) in [6.45, 7) is -0.872. The smallest absolute Gasteiger partial charge is 0.304 e. The van der Waals surface area contributed by atoms with Gasteiger partial charge in [-0.2, -0.15) is 23.4 Å². The number of carbonyl (C=O) groups is 1. The van der Waals surface area contributed by atoms with Crippen molar-refractivity contribution in [2.75, 3.05) is 5.32 Å². The van der Waals surface area contributed by atoms with Crippen molar-refractivity contribution < 1.29 is 39.9 Å². The van der Waals surface area contributed by atoms with Crippen LogP contribution in [0.25, 0.3) is 0 Å². The number of carbonyl (C=O) groups excluding carboxylic acids is 1. The highest BCUT2D eigenvalue weighted by atomic mass is 19.4. The van der Waals surface area contributed by atoms with Crippen LogP contribution < -0.4 is 5.32 Å². The summed E-state index contributed by atoms with van der Waals surface area (Å²) in [4.78, 5) is 12.0. The summed E-state index contributed by atoms with van der Waals surface area (Å²) < 4.78 is 107. The van der Waals surface area contributed by atoms with Gasteiger partial charge in [0.05, 0.1) is 12.1 Å². The minimum absolute atomic E-state index is 0.261. The minimum atomic E-state index is -4.74. The average Bonchev–Trinajstić information content (AvgIpc) is 3.28. The maximum Gasteiger partial charge on any atom is 0.433 e. The molecule has 6 nitrogen and oxygen atoms in total. The first-order valence-electron chi connectivity index (χ1n) is 7.86. The van der Waals surface area contributed by atoms with Crippen molar-refractivity contribution in [3.8, 4) is 0 Å². The van der Waals surface area contributed by atoms with Crippen molar-refractivity contribution in [1.82, 2.24) is 19.6 Å². The topological polar surface area (TPSA) is 64.7 Å². The molecule has 0 spiro atoms. The fourth-order valence-electron chi connectivity index (χ4n) is 2.49. The molecule has 2 aromatic heterocycles. The van der Waals surface area contributed by atoms with Crippen LogP contribution in [0, 0.1) is 29.1 Å². The van der Waals surface area contributed by atoms with Gasteiger partial charge in [0.25, 0.3) is 5.91 Å². The molecule has 1 amide bonds. The van der Waals surface area contributed by atoms with Gasteiger partial charge in [0.15, 0.2) is 34.8 Å². The van der Waals surface area contributed by atoms with E-state index < -0.39 is 64.7 Å². The standard InChI is InChI=1S/C16H9F8N5O/c1-28-8(16(22,23)24)4-7(26-28)15(30)25-9-2-3-29(27-9)5-6-10(17)12(19)14(21)13(20)11(6)18/h2-4H,5H2,1H3,(H,25,27,30). The number of alkyl halides is 3. The SMILES string of the molecule is Cn1nc(C(=O)Nc2ccn(Cc3c(F)c(F)c(F)c(F)c3F)n2)cc1C(F)(F)F. The van der Waals surface area contributed by atoms with Gasteiger partial charge in [0.2, 0.25) is 5.82 Å². The van der Waals surface area contributed by atoms with Crippen LogP contribution >= 0.6 is 0 Å². The Hall–Kier alpha value is -3.45. The Balaban J connectivity index is 1.79. The molecule has 0 aliphatic heterocycles. The average molecular weight is 439 g/mol. The molecule has 1 aromatic carbocycles. The van der Waals surface area contributed by atoms with Crippen LogP contribution in [0.3, 0.4) is 0 Å². The summed E-state index contributed by atoms with van der Waals surface area (Å²) in [6.07, 6.45) is -3.69. The van der Waals surface area contributed by atoms with Crippen molar-refractivity contribution in [3.63, 3.8) is 0 Å². The van der Waals surface area contributed by atoms with Crippen molar-refractivity contribution in [2.45, 2.75) is 12.7 Å².